The van der Waals surface area contributed by atoms with E-state index >= 15 is 4.57 Å². The van der Waals surface area contributed by atoms with E-state index in [9.17, 15) is 40.7 Å². The van der Waals surface area contributed by atoms with Gasteiger partial charge in [-0.1, -0.05) is 143 Å². The third kappa shape index (κ3) is 23.8. The van der Waals surface area contributed by atoms with Gasteiger partial charge in [0.15, 0.2) is 69.4 Å². The molecule has 3 fully saturated rings. The fourth-order valence-corrected chi connectivity index (χ4v) is 26.2. The Bertz CT molecular complexity index is 6170. The first-order chi connectivity index (χ1) is 70.5. The number of rotatable bonds is 42. The first kappa shape index (κ1) is 110. The maximum Gasteiger partial charge on any atom is 0.476 e. The molecule has 6 N–H and O–H groups in total. The summed E-state index contributed by atoms with van der Waals surface area (Å²) in [4.78, 5) is 74.0. The van der Waals surface area contributed by atoms with Crippen LogP contribution in [0.15, 0.2) is 147 Å². The van der Waals surface area contributed by atoms with Gasteiger partial charge in [-0.05, 0) is 165 Å². The monoisotopic (exact) mass is 2080 g/mol. The van der Waals surface area contributed by atoms with Gasteiger partial charge in [-0.15, -0.1) is 0 Å². The number of halogens is 6. The van der Waals surface area contributed by atoms with E-state index in [0.29, 0.717) is 180 Å². The Morgan fingerprint density at radius 3 is 0.879 bits per heavy atom. The standard InChI is InChI=1S/C108H138F6N21O13P/c1-100(2,3)106(101(4,5)6,88-37-25-40-130(88)43-28-46-143-85-52-79-70(49-82(85)140-19)97(118-64-115-79)124-67-55-121-133(58-67)61-91(136)127-76-34-22-31-73(109)94(76)112)146-149(139,147-107(102(7,8)9,103(10,11)12)89-38-26-41-131(89)44-29-47-144-86-53-80-71(50-83(86)141-20)98(119-65-116-80)125-68-56-122-134(59-68)62-92(137)128-77-35-23-32-74(110)95(77)113)148-108(104(13,14)15,105(16,17)18)90-39-27-42-132(90)45-30-48-145-87-54-81-72(51-84(87)142-21)99(120-66-117-81)126-69-57-123-135(60-69)63-93(138)129-78-36-24-33-75(111)96(78)114/h22-24,31-36,49-60,64-66,88-90H,25-30,37-48,61-63H2,1-21H3,(H,127,136)(H,128,137)(H,129,138)(H,115,118,124)(H,116,119,125)(H,117,120,126)/t88-,89-,90-/m0/s1. The zero-order valence-corrected chi connectivity index (χ0v) is 89.6. The fourth-order valence-electron chi connectivity index (χ4n) is 23.0. The van der Waals surface area contributed by atoms with Crippen molar-refractivity contribution in [2.45, 2.75) is 237 Å². The molecule has 6 aromatic carbocycles. The Morgan fingerprint density at radius 1 is 0.369 bits per heavy atom. The SMILES string of the molecule is COc1cc2c(Nc3cnn(CC(=O)Nc4cccc(F)c4F)c3)ncnc2cc1OCCCN1CCC[C@H]1C(OP(=O)(OC([C@@H]1CCCN1CCCOc1cc2ncnc(Nc3cnn(CC(=O)Nc4cccc(F)c4F)c3)c2cc1OC)(C(C)(C)C)C(C)(C)C)OC([C@@H]1CCCN1CCCOc1cc2ncnc(Nc3cnn(CC(=O)Nc4cccc(F)c4F)c3)c2cc1OC)(C(C)(C)C)C(C)(C)C)(C(C)(C)C)C(C)(C)C. The number of hydrogen-bond acceptors (Lipinski definition) is 28. The van der Waals surface area contributed by atoms with E-state index in [1.165, 1.54) is 88.0 Å². The molecule has 3 atom stereocenters. The normalized spacial score (nSPS) is 16.1. The number of amides is 3. The number of fused-ring (bicyclic) bond motifs is 3. The van der Waals surface area contributed by atoms with Crippen LogP contribution in [0.3, 0.4) is 0 Å². The number of methoxy groups -OCH3 is 3. The number of hydrogen-bond donors (Lipinski definition) is 6. The molecule has 0 saturated carbocycles. The van der Waals surface area contributed by atoms with Crippen molar-refractivity contribution in [1.82, 2.24) is 73.9 Å². The molecular weight excluding hydrogens is 1940 g/mol. The lowest BCUT2D eigenvalue weighted by molar-refractivity contribution is -0.234. The van der Waals surface area contributed by atoms with Crippen LogP contribution in [0.4, 0.5) is 77.9 Å². The Labute approximate surface area is 864 Å². The number of phosphoric acid groups is 1. The molecule has 0 aliphatic carbocycles. The quantitative estimate of drug-likeness (QED) is 0.0118. The van der Waals surface area contributed by atoms with Crippen LogP contribution in [0, 0.1) is 67.4 Å². The van der Waals surface area contributed by atoms with Gasteiger partial charge in [-0.2, -0.15) is 15.3 Å². The lowest BCUT2D eigenvalue weighted by Crippen LogP contribution is -2.69. The van der Waals surface area contributed by atoms with E-state index in [2.05, 4.69) is 216 Å². The number of aromatic nitrogens is 12. The van der Waals surface area contributed by atoms with Crippen molar-refractivity contribution in [3.63, 3.8) is 0 Å². The number of benzene rings is 6. The summed E-state index contributed by atoms with van der Waals surface area (Å²) in [5.41, 5.74) is -6.70. The maximum atomic E-state index is 19.3. The number of carbonyl (C=O) groups excluding carboxylic acids is 3. The smallest absolute Gasteiger partial charge is 0.476 e. The third-order valence-electron chi connectivity index (χ3n) is 28.5. The maximum absolute atomic E-state index is 19.3. The van der Waals surface area contributed by atoms with Gasteiger partial charge in [-0.3, -0.25) is 56.7 Å². The molecule has 34 nitrogen and oxygen atoms in total. The molecule has 3 saturated heterocycles. The average molecular weight is 2080 g/mol. The van der Waals surface area contributed by atoms with Crippen molar-refractivity contribution in [2.24, 2.45) is 32.5 Å². The molecule has 15 rings (SSSR count). The number of nitrogens with one attached hydrogen (secondary N) is 6. The number of nitrogens with zero attached hydrogens (tertiary/aromatic N) is 15. The summed E-state index contributed by atoms with van der Waals surface area (Å²) in [6.45, 7) is 43.0. The number of carbonyl (C=O) groups is 3. The predicted molar refractivity (Wildman–Crippen MR) is 560 cm³/mol. The van der Waals surface area contributed by atoms with E-state index in [4.69, 9.17) is 42.0 Å². The molecule has 0 radical (unpaired) electrons. The van der Waals surface area contributed by atoms with Crippen LogP contribution in [0.2, 0.25) is 0 Å². The molecule has 800 valence electrons. The number of ether oxygens (including phenoxy) is 6. The highest BCUT2D eigenvalue weighted by molar-refractivity contribution is 7.48. The number of likely N-dealkylation sites (tertiary alicyclic amines) is 3. The highest BCUT2D eigenvalue weighted by atomic mass is 31.2. The number of anilines is 9. The van der Waals surface area contributed by atoms with Crippen molar-refractivity contribution >= 4 is 110 Å². The van der Waals surface area contributed by atoms with Gasteiger partial charge in [0.05, 0.1) is 110 Å². The molecule has 9 heterocycles. The molecule has 149 heavy (non-hydrogen) atoms. The van der Waals surface area contributed by atoms with Crippen LogP contribution >= 0.6 is 7.82 Å². The van der Waals surface area contributed by atoms with Gasteiger partial charge in [0.25, 0.3) is 0 Å². The Kier molecular flexibility index (Phi) is 33.1. The number of phosphoric ester groups is 1. The lowest BCUT2D eigenvalue weighted by atomic mass is 9.58. The summed E-state index contributed by atoms with van der Waals surface area (Å²) >= 11 is 0. The summed E-state index contributed by atoms with van der Waals surface area (Å²) in [6.07, 6.45) is 19.6. The molecule has 3 aliphatic heterocycles. The first-order valence-electron chi connectivity index (χ1n) is 50.4. The Hall–Kier alpha value is -12.9. The molecule has 3 amide bonds. The van der Waals surface area contributed by atoms with Gasteiger partial charge < -0.3 is 60.3 Å². The third-order valence-corrected chi connectivity index (χ3v) is 30.1. The molecule has 3 aliphatic rings. The van der Waals surface area contributed by atoms with Gasteiger partial charge in [0.2, 0.25) is 17.7 Å². The minimum absolute atomic E-state index is 0.256. The second-order valence-corrected chi connectivity index (χ2v) is 45.9. The highest BCUT2D eigenvalue weighted by Gasteiger charge is 2.71. The second kappa shape index (κ2) is 44.7. The summed E-state index contributed by atoms with van der Waals surface area (Å²) in [5.74, 6) is -4.80. The average Bonchev–Trinajstić information content (AvgIpc) is 1.69. The summed E-state index contributed by atoms with van der Waals surface area (Å²) < 4.78 is 173. The molecular formula is C108H138F6N21O13P. The van der Waals surface area contributed by atoms with Crippen molar-refractivity contribution in [1.29, 1.82) is 0 Å². The van der Waals surface area contributed by atoms with Gasteiger partial charge in [0.1, 0.15) is 72.9 Å². The first-order valence-corrected chi connectivity index (χ1v) is 51.9. The summed E-state index contributed by atoms with van der Waals surface area (Å²) in [7, 11) is -0.507. The molecule has 6 aromatic heterocycles. The minimum Gasteiger partial charge on any atom is -0.493 e. The molecule has 0 unspecified atom stereocenters. The highest BCUT2D eigenvalue weighted by Crippen LogP contribution is 2.73. The van der Waals surface area contributed by atoms with Crippen LogP contribution < -0.4 is 60.3 Å². The lowest BCUT2D eigenvalue weighted by Gasteiger charge is -2.63. The van der Waals surface area contributed by atoms with Crippen molar-refractivity contribution in [3.8, 4) is 34.5 Å². The zero-order chi connectivity index (χ0) is 107. The fraction of sp³-hybridized carbons (Fsp3) is 0.500. The molecule has 41 heteroatoms. The topological polar surface area (TPSA) is 364 Å². The largest absolute Gasteiger partial charge is 0.493 e. The minimum atomic E-state index is -5.18. The van der Waals surface area contributed by atoms with Crippen molar-refractivity contribution in [2.75, 3.05) is 112 Å². The van der Waals surface area contributed by atoms with E-state index in [0.717, 1.165) is 37.5 Å². The Balaban J connectivity index is 0.708. The van der Waals surface area contributed by atoms with Crippen LogP contribution in [-0.2, 0) is 52.2 Å². The van der Waals surface area contributed by atoms with Gasteiger partial charge in [-0.25, -0.2) is 60.8 Å². The summed E-state index contributed by atoms with van der Waals surface area (Å²) in [6, 6.07) is 20.2. The van der Waals surface area contributed by atoms with Crippen molar-refractivity contribution in [3.05, 3.63) is 182 Å². The zero-order valence-electron chi connectivity index (χ0n) is 88.7. The van der Waals surface area contributed by atoms with Crippen molar-refractivity contribution < 1.29 is 87.3 Å². The second-order valence-electron chi connectivity index (χ2n) is 44.4. The molecule has 12 aromatic rings. The van der Waals surface area contributed by atoms with Crippen LogP contribution in [0.5, 0.6) is 34.5 Å². The van der Waals surface area contributed by atoms with E-state index in [1.807, 2.05) is 0 Å². The van der Waals surface area contributed by atoms with E-state index in [-0.39, 0.29) is 74.6 Å². The molecule has 0 bridgehead atoms. The van der Waals surface area contributed by atoms with Gasteiger partial charge >= 0.3 is 7.82 Å². The van der Waals surface area contributed by atoms with Crippen LogP contribution in [0.25, 0.3) is 32.7 Å². The van der Waals surface area contributed by atoms with Crippen LogP contribution in [0.1, 0.15) is 182 Å². The van der Waals surface area contributed by atoms with Gasteiger partial charge in [0, 0.05) is 90.7 Å². The molecule has 0 spiro atoms. The van der Waals surface area contributed by atoms with E-state index in [1.54, 1.807) is 76.3 Å². The van der Waals surface area contributed by atoms with Crippen LogP contribution in [-0.4, -0.2) is 207 Å². The summed E-state index contributed by atoms with van der Waals surface area (Å²) in [5, 5.41) is 31.8. The Morgan fingerprint density at radius 2 is 0.631 bits per heavy atom. The predicted octanol–water partition coefficient (Wildman–Crippen LogP) is 21.9. The van der Waals surface area contributed by atoms with E-state index < -0.39 is 110 Å².